The summed E-state index contributed by atoms with van der Waals surface area (Å²) in [5.41, 5.74) is 2.59. The van der Waals surface area contributed by atoms with Crippen LogP contribution in [0.3, 0.4) is 0 Å². The minimum atomic E-state index is -0.136. The zero-order valence-electron chi connectivity index (χ0n) is 14.5. The molecule has 24 heavy (non-hydrogen) atoms. The van der Waals surface area contributed by atoms with Gasteiger partial charge in [-0.05, 0) is 36.3 Å². The summed E-state index contributed by atoms with van der Waals surface area (Å²) in [6.45, 7) is 9.62. The van der Waals surface area contributed by atoms with Crippen molar-refractivity contribution in [1.29, 1.82) is 0 Å². The van der Waals surface area contributed by atoms with E-state index in [0.29, 0.717) is 11.2 Å². The molecule has 132 valence electrons. The first-order chi connectivity index (χ1) is 11.7. The highest BCUT2D eigenvalue weighted by Crippen LogP contribution is 2.46. The van der Waals surface area contributed by atoms with E-state index in [1.54, 1.807) is 0 Å². The SMILES string of the molecule is C=C[C@]1(CO)CCC(S)[C@H](c2ccc(CN3CCNCC3)cc2)C1. The molecule has 3 atom stereocenters. The number of aliphatic hydroxyl groups is 1. The number of aliphatic hydroxyl groups excluding tert-OH is 1. The molecule has 3 rings (SSSR count). The van der Waals surface area contributed by atoms with Crippen LogP contribution >= 0.6 is 12.6 Å². The molecule has 2 N–H and O–H groups in total. The van der Waals surface area contributed by atoms with E-state index < -0.39 is 0 Å². The summed E-state index contributed by atoms with van der Waals surface area (Å²) in [6.07, 6.45) is 4.92. The fourth-order valence-electron chi connectivity index (χ4n) is 4.04. The molecule has 1 aromatic rings. The summed E-state index contributed by atoms with van der Waals surface area (Å²) in [6, 6.07) is 9.06. The Bertz CT molecular complexity index is 541. The maximum atomic E-state index is 9.81. The topological polar surface area (TPSA) is 35.5 Å². The molecule has 2 fully saturated rings. The van der Waals surface area contributed by atoms with Gasteiger partial charge in [-0.3, -0.25) is 4.90 Å². The lowest BCUT2D eigenvalue weighted by atomic mass is 9.68. The van der Waals surface area contributed by atoms with Gasteiger partial charge < -0.3 is 10.4 Å². The Kier molecular flexibility index (Phi) is 6.03. The van der Waals surface area contributed by atoms with E-state index in [9.17, 15) is 5.11 Å². The summed E-state index contributed by atoms with van der Waals surface area (Å²) in [5.74, 6) is 0.389. The summed E-state index contributed by atoms with van der Waals surface area (Å²) in [7, 11) is 0. The first-order valence-electron chi connectivity index (χ1n) is 9.10. The van der Waals surface area contributed by atoms with Gasteiger partial charge in [0.1, 0.15) is 0 Å². The average molecular weight is 347 g/mol. The molecule has 0 radical (unpaired) electrons. The number of nitrogens with zero attached hydrogens (tertiary/aromatic N) is 1. The fraction of sp³-hybridized carbons (Fsp3) is 0.600. The molecule has 0 spiro atoms. The Hall–Kier alpha value is -0.810. The number of rotatable bonds is 5. The predicted molar refractivity (Wildman–Crippen MR) is 104 cm³/mol. The average Bonchev–Trinajstić information content (AvgIpc) is 2.64. The molecule has 1 saturated heterocycles. The smallest absolute Gasteiger partial charge is 0.0522 e. The van der Waals surface area contributed by atoms with Crippen LogP contribution in [0.2, 0.25) is 0 Å². The van der Waals surface area contributed by atoms with Gasteiger partial charge in [-0.15, -0.1) is 6.58 Å². The van der Waals surface area contributed by atoms with E-state index in [4.69, 9.17) is 12.6 Å². The standard InChI is InChI=1S/C20H30N2OS/c1-2-20(15-23)8-7-19(24)18(13-20)17-5-3-16(4-6-17)14-22-11-9-21-10-12-22/h2-6,18-19,21,23-24H,1,7-15H2/t18-,19?,20-/m0/s1. The maximum Gasteiger partial charge on any atom is 0.0522 e. The van der Waals surface area contributed by atoms with Gasteiger partial charge in [-0.2, -0.15) is 12.6 Å². The van der Waals surface area contributed by atoms with Crippen LogP contribution in [0.25, 0.3) is 0 Å². The molecular formula is C20H30N2OS. The van der Waals surface area contributed by atoms with E-state index in [2.05, 4.69) is 41.1 Å². The molecule has 1 heterocycles. The van der Waals surface area contributed by atoms with Gasteiger partial charge in [0.05, 0.1) is 6.61 Å². The first-order valence-corrected chi connectivity index (χ1v) is 9.62. The maximum absolute atomic E-state index is 9.81. The molecule has 1 aliphatic carbocycles. The normalized spacial score (nSPS) is 31.8. The number of hydrogen-bond acceptors (Lipinski definition) is 4. The third-order valence-electron chi connectivity index (χ3n) is 5.80. The summed E-state index contributed by atoms with van der Waals surface area (Å²) >= 11 is 4.82. The highest BCUT2D eigenvalue weighted by Gasteiger charge is 2.38. The van der Waals surface area contributed by atoms with Crippen molar-refractivity contribution in [2.75, 3.05) is 32.8 Å². The molecule has 1 saturated carbocycles. The van der Waals surface area contributed by atoms with Crippen molar-refractivity contribution in [3.8, 4) is 0 Å². The molecule has 4 heteroatoms. The van der Waals surface area contributed by atoms with Crippen molar-refractivity contribution >= 4 is 12.6 Å². The minimum absolute atomic E-state index is 0.136. The van der Waals surface area contributed by atoms with Gasteiger partial charge in [0.15, 0.2) is 0 Å². The van der Waals surface area contributed by atoms with Crippen LogP contribution in [0.15, 0.2) is 36.9 Å². The van der Waals surface area contributed by atoms with Crippen LogP contribution in [0.5, 0.6) is 0 Å². The van der Waals surface area contributed by atoms with Gasteiger partial charge >= 0.3 is 0 Å². The molecule has 0 aromatic heterocycles. The molecule has 1 aromatic carbocycles. The molecule has 0 bridgehead atoms. The minimum Gasteiger partial charge on any atom is -0.395 e. The summed E-state index contributed by atoms with van der Waals surface area (Å²) in [4.78, 5) is 2.50. The van der Waals surface area contributed by atoms with Crippen LogP contribution in [-0.4, -0.2) is 48.0 Å². The monoisotopic (exact) mass is 346 g/mol. The second kappa shape index (κ2) is 8.05. The van der Waals surface area contributed by atoms with Gasteiger partial charge in [-0.25, -0.2) is 0 Å². The van der Waals surface area contributed by atoms with E-state index in [-0.39, 0.29) is 12.0 Å². The van der Waals surface area contributed by atoms with Crippen molar-refractivity contribution in [1.82, 2.24) is 10.2 Å². The number of nitrogens with one attached hydrogen (secondary N) is 1. The Labute approximate surface area is 151 Å². The number of thiol groups is 1. The van der Waals surface area contributed by atoms with Crippen LogP contribution < -0.4 is 5.32 Å². The zero-order valence-corrected chi connectivity index (χ0v) is 15.3. The van der Waals surface area contributed by atoms with Gasteiger partial charge in [0.25, 0.3) is 0 Å². The summed E-state index contributed by atoms with van der Waals surface area (Å²) < 4.78 is 0. The second-order valence-electron chi connectivity index (χ2n) is 7.41. The molecule has 3 nitrogen and oxygen atoms in total. The lowest BCUT2D eigenvalue weighted by Crippen LogP contribution is -2.42. The van der Waals surface area contributed by atoms with Crippen LogP contribution in [0.4, 0.5) is 0 Å². The third kappa shape index (κ3) is 4.05. The van der Waals surface area contributed by atoms with E-state index in [1.807, 2.05) is 6.08 Å². The highest BCUT2D eigenvalue weighted by atomic mass is 32.1. The first kappa shape index (κ1) is 18.0. The molecule has 1 unspecified atom stereocenters. The van der Waals surface area contributed by atoms with Gasteiger partial charge in [0.2, 0.25) is 0 Å². The van der Waals surface area contributed by atoms with Gasteiger partial charge in [-0.1, -0.05) is 30.3 Å². The summed E-state index contributed by atoms with van der Waals surface area (Å²) in [5, 5.41) is 13.6. The van der Waals surface area contributed by atoms with E-state index in [1.165, 1.54) is 11.1 Å². The number of benzene rings is 1. The second-order valence-corrected chi connectivity index (χ2v) is 8.07. The predicted octanol–water partition coefficient (Wildman–Crippen LogP) is 2.82. The van der Waals surface area contributed by atoms with Crippen LogP contribution in [0, 0.1) is 5.41 Å². The third-order valence-corrected chi connectivity index (χ3v) is 6.42. The van der Waals surface area contributed by atoms with Crippen molar-refractivity contribution in [2.24, 2.45) is 5.41 Å². The van der Waals surface area contributed by atoms with Gasteiger partial charge in [0, 0.05) is 43.4 Å². The Morgan fingerprint density at radius 1 is 1.29 bits per heavy atom. The Morgan fingerprint density at radius 3 is 2.62 bits per heavy atom. The quantitative estimate of drug-likeness (QED) is 0.567. The molecule has 1 aliphatic heterocycles. The van der Waals surface area contributed by atoms with Crippen LogP contribution in [0.1, 0.15) is 36.3 Å². The highest BCUT2D eigenvalue weighted by molar-refractivity contribution is 7.81. The van der Waals surface area contributed by atoms with Crippen molar-refractivity contribution < 1.29 is 5.11 Å². The number of hydrogen-bond donors (Lipinski definition) is 3. The molecule has 2 aliphatic rings. The largest absolute Gasteiger partial charge is 0.395 e. The fourth-order valence-corrected chi connectivity index (χ4v) is 4.45. The molecule has 0 amide bonds. The zero-order chi connectivity index (χ0) is 17.0. The lowest BCUT2D eigenvalue weighted by Gasteiger charge is -2.41. The van der Waals surface area contributed by atoms with Crippen LogP contribution in [-0.2, 0) is 6.54 Å². The van der Waals surface area contributed by atoms with Crippen molar-refractivity contribution in [3.05, 3.63) is 48.0 Å². The van der Waals surface area contributed by atoms with E-state index >= 15 is 0 Å². The number of piperazine rings is 1. The molecular weight excluding hydrogens is 316 g/mol. The van der Waals surface area contributed by atoms with Crippen molar-refractivity contribution in [2.45, 2.75) is 37.0 Å². The Balaban J connectivity index is 1.68. The van der Waals surface area contributed by atoms with Crippen molar-refractivity contribution in [3.63, 3.8) is 0 Å². The van der Waals surface area contributed by atoms with E-state index in [0.717, 1.165) is 52.0 Å². The lowest BCUT2D eigenvalue weighted by molar-refractivity contribution is 0.120. The Morgan fingerprint density at radius 2 is 2.00 bits per heavy atom.